The van der Waals surface area contributed by atoms with Crippen LogP contribution in [0.1, 0.15) is 14.7 Å². The van der Waals surface area contributed by atoms with Crippen LogP contribution in [0.3, 0.4) is 0 Å². The van der Waals surface area contributed by atoms with Crippen LogP contribution in [0.25, 0.3) is 0 Å². The third-order valence-electron chi connectivity index (χ3n) is 1.94. The van der Waals surface area contributed by atoms with E-state index in [0.29, 0.717) is 21.5 Å². The van der Waals surface area contributed by atoms with E-state index in [1.54, 1.807) is 12.3 Å². The van der Waals surface area contributed by atoms with Crippen LogP contribution in [0, 0.1) is 0 Å². The largest absolute Gasteiger partial charge is 0.307 e. The fraction of sp³-hybridized carbons (Fsp3) is 0.100. The molecule has 2 aromatic rings. The highest BCUT2D eigenvalue weighted by Gasteiger charge is 2.03. The Morgan fingerprint density at radius 1 is 1.50 bits per heavy atom. The van der Waals surface area contributed by atoms with Crippen LogP contribution in [0.2, 0.25) is 5.02 Å². The number of nitrogens with zero attached hydrogens (tertiary/aromatic N) is 2. The van der Waals surface area contributed by atoms with E-state index >= 15 is 0 Å². The number of halogens is 1. The summed E-state index contributed by atoms with van der Waals surface area (Å²) in [6.07, 6.45) is 3.77. The summed E-state index contributed by atoms with van der Waals surface area (Å²) in [7, 11) is 0. The molecule has 0 aromatic carbocycles. The van der Waals surface area contributed by atoms with Crippen LogP contribution in [-0.4, -0.2) is 15.8 Å². The third kappa shape index (κ3) is 2.37. The SMILES string of the molecule is O=Cc1cnc(Cn2cc(Cl)ccc2=O)s1. The summed E-state index contributed by atoms with van der Waals surface area (Å²) in [6, 6.07) is 2.94. The van der Waals surface area contributed by atoms with Crippen LogP contribution in [0.15, 0.2) is 29.3 Å². The predicted molar refractivity (Wildman–Crippen MR) is 62.3 cm³/mol. The molecule has 82 valence electrons. The number of carbonyl (C=O) groups excluding carboxylic acids is 1. The number of hydrogen-bond acceptors (Lipinski definition) is 4. The van der Waals surface area contributed by atoms with Crippen LogP contribution in [0.4, 0.5) is 0 Å². The molecule has 0 aliphatic carbocycles. The van der Waals surface area contributed by atoms with Gasteiger partial charge in [-0.05, 0) is 6.07 Å². The van der Waals surface area contributed by atoms with E-state index in [-0.39, 0.29) is 5.56 Å². The Labute approximate surface area is 100 Å². The molecular weight excluding hydrogens is 248 g/mol. The average Bonchev–Trinajstić information content (AvgIpc) is 2.71. The number of pyridine rings is 1. The standard InChI is InChI=1S/C10H7ClN2O2S/c11-7-1-2-10(15)13(4-7)5-9-12-3-8(6-14)16-9/h1-4,6H,5H2. The number of thiazole rings is 1. The molecule has 6 heteroatoms. The average molecular weight is 255 g/mol. The lowest BCUT2D eigenvalue weighted by atomic mass is 10.4. The molecule has 2 rings (SSSR count). The van der Waals surface area contributed by atoms with Crippen molar-refractivity contribution in [1.82, 2.24) is 9.55 Å². The Bertz CT molecular complexity index is 576. The minimum Gasteiger partial charge on any atom is -0.307 e. The Morgan fingerprint density at radius 2 is 2.31 bits per heavy atom. The summed E-state index contributed by atoms with van der Waals surface area (Å²) in [4.78, 5) is 26.5. The molecule has 0 aliphatic heterocycles. The maximum atomic E-state index is 11.5. The number of carbonyl (C=O) groups is 1. The molecule has 4 nitrogen and oxygen atoms in total. The highest BCUT2D eigenvalue weighted by molar-refractivity contribution is 7.13. The maximum absolute atomic E-state index is 11.5. The van der Waals surface area contributed by atoms with Gasteiger partial charge in [-0.15, -0.1) is 11.3 Å². The van der Waals surface area contributed by atoms with Crippen molar-refractivity contribution < 1.29 is 4.79 Å². The van der Waals surface area contributed by atoms with Crippen molar-refractivity contribution in [1.29, 1.82) is 0 Å². The maximum Gasteiger partial charge on any atom is 0.250 e. The van der Waals surface area contributed by atoms with Crippen molar-refractivity contribution in [2.24, 2.45) is 0 Å². The second-order valence-corrected chi connectivity index (χ2v) is 4.67. The van der Waals surface area contributed by atoms with E-state index in [1.165, 1.54) is 28.2 Å². The topological polar surface area (TPSA) is 52.0 Å². The first kappa shape index (κ1) is 11.0. The van der Waals surface area contributed by atoms with Gasteiger partial charge >= 0.3 is 0 Å². The van der Waals surface area contributed by atoms with Gasteiger partial charge in [-0.25, -0.2) is 4.98 Å². The lowest BCUT2D eigenvalue weighted by Gasteiger charge is -2.02. The summed E-state index contributed by atoms with van der Waals surface area (Å²) in [5.74, 6) is 0. The van der Waals surface area contributed by atoms with Crippen molar-refractivity contribution in [3.05, 3.63) is 49.8 Å². The van der Waals surface area contributed by atoms with E-state index in [0.717, 1.165) is 6.29 Å². The zero-order valence-corrected chi connectivity index (χ0v) is 9.66. The van der Waals surface area contributed by atoms with Gasteiger partial charge in [0.1, 0.15) is 5.01 Å². The van der Waals surface area contributed by atoms with Gasteiger partial charge in [-0.3, -0.25) is 9.59 Å². The zero-order chi connectivity index (χ0) is 11.5. The predicted octanol–water partition coefficient (Wildman–Crippen LogP) is 1.82. The number of rotatable bonds is 3. The summed E-state index contributed by atoms with van der Waals surface area (Å²) in [5.41, 5.74) is -0.146. The second-order valence-electron chi connectivity index (χ2n) is 3.09. The first-order valence-corrected chi connectivity index (χ1v) is 5.64. The van der Waals surface area contributed by atoms with Crippen molar-refractivity contribution in [3.63, 3.8) is 0 Å². The molecule has 2 aromatic heterocycles. The van der Waals surface area contributed by atoms with Crippen LogP contribution in [-0.2, 0) is 6.54 Å². The first-order chi connectivity index (χ1) is 7.69. The van der Waals surface area contributed by atoms with Gasteiger partial charge in [-0.2, -0.15) is 0 Å². The molecule has 0 saturated heterocycles. The summed E-state index contributed by atoms with van der Waals surface area (Å²) < 4.78 is 1.45. The molecule has 16 heavy (non-hydrogen) atoms. The van der Waals surface area contributed by atoms with Crippen molar-refractivity contribution >= 4 is 29.2 Å². The molecule has 0 bridgehead atoms. The number of aldehydes is 1. The van der Waals surface area contributed by atoms with Gasteiger partial charge in [0.2, 0.25) is 0 Å². The van der Waals surface area contributed by atoms with Gasteiger partial charge in [0.15, 0.2) is 6.29 Å². The molecule has 0 spiro atoms. The first-order valence-electron chi connectivity index (χ1n) is 4.45. The van der Waals surface area contributed by atoms with Gasteiger partial charge in [0.05, 0.1) is 16.4 Å². The molecule has 0 radical (unpaired) electrons. The minimum absolute atomic E-state index is 0.146. The lowest BCUT2D eigenvalue weighted by molar-refractivity contribution is 0.112. The van der Waals surface area contributed by atoms with Crippen LogP contribution in [0.5, 0.6) is 0 Å². The van der Waals surface area contributed by atoms with Crippen LogP contribution < -0.4 is 5.56 Å². The Balaban J connectivity index is 2.29. The monoisotopic (exact) mass is 254 g/mol. The van der Waals surface area contributed by atoms with Gasteiger partial charge in [0.25, 0.3) is 5.56 Å². The summed E-state index contributed by atoms with van der Waals surface area (Å²) >= 11 is 7.04. The van der Waals surface area contributed by atoms with Crippen molar-refractivity contribution in [2.75, 3.05) is 0 Å². The van der Waals surface area contributed by atoms with Crippen LogP contribution >= 0.6 is 22.9 Å². The smallest absolute Gasteiger partial charge is 0.250 e. The highest BCUT2D eigenvalue weighted by atomic mass is 35.5. The van der Waals surface area contributed by atoms with E-state index in [4.69, 9.17) is 11.6 Å². The minimum atomic E-state index is -0.146. The van der Waals surface area contributed by atoms with Gasteiger partial charge in [0, 0.05) is 18.5 Å². The summed E-state index contributed by atoms with van der Waals surface area (Å²) in [5, 5.41) is 1.19. The molecule has 0 unspecified atom stereocenters. The second kappa shape index (κ2) is 4.59. The molecule has 0 fully saturated rings. The fourth-order valence-corrected chi connectivity index (χ4v) is 2.14. The van der Waals surface area contributed by atoms with E-state index < -0.39 is 0 Å². The normalized spacial score (nSPS) is 10.3. The Kier molecular flexibility index (Phi) is 3.17. The molecule has 0 N–H and O–H groups in total. The molecular formula is C10H7ClN2O2S. The van der Waals surface area contributed by atoms with E-state index in [1.807, 2.05) is 0 Å². The molecule has 2 heterocycles. The number of aromatic nitrogens is 2. The zero-order valence-electron chi connectivity index (χ0n) is 8.09. The van der Waals surface area contributed by atoms with Crippen molar-refractivity contribution in [3.8, 4) is 0 Å². The highest BCUT2D eigenvalue weighted by Crippen LogP contribution is 2.12. The Hall–Kier alpha value is -1.46. The van der Waals surface area contributed by atoms with E-state index in [9.17, 15) is 9.59 Å². The molecule has 0 saturated carbocycles. The Morgan fingerprint density at radius 3 is 3.00 bits per heavy atom. The molecule has 0 aliphatic rings. The number of hydrogen-bond donors (Lipinski definition) is 0. The quantitative estimate of drug-likeness (QED) is 0.785. The van der Waals surface area contributed by atoms with Crippen molar-refractivity contribution in [2.45, 2.75) is 6.54 Å². The van der Waals surface area contributed by atoms with Gasteiger partial charge < -0.3 is 4.57 Å². The molecule has 0 amide bonds. The third-order valence-corrected chi connectivity index (χ3v) is 3.07. The molecule has 0 atom stereocenters. The lowest BCUT2D eigenvalue weighted by Crippen LogP contribution is -2.18. The van der Waals surface area contributed by atoms with E-state index in [2.05, 4.69) is 4.98 Å². The van der Waals surface area contributed by atoms with Gasteiger partial charge in [-0.1, -0.05) is 11.6 Å². The summed E-state index contributed by atoms with van der Waals surface area (Å²) in [6.45, 7) is 0.331. The fourth-order valence-electron chi connectivity index (χ4n) is 1.22.